The second-order valence-corrected chi connectivity index (χ2v) is 7.50. The molecule has 4 aromatic rings. The molecule has 0 atom stereocenters. The number of hydrogen-bond donors (Lipinski definition) is 0. The first-order chi connectivity index (χ1) is 15.1. The van der Waals surface area contributed by atoms with Crippen LogP contribution >= 0.6 is 0 Å². The molecule has 1 aromatic heterocycles. The summed E-state index contributed by atoms with van der Waals surface area (Å²) in [5.41, 5.74) is 3.29. The first-order valence-corrected chi connectivity index (χ1v) is 10.2. The van der Waals surface area contributed by atoms with Gasteiger partial charge < -0.3 is 13.9 Å². The summed E-state index contributed by atoms with van der Waals surface area (Å²) in [7, 11) is 0. The average molecular weight is 412 g/mol. The molecule has 156 valence electrons. The lowest BCUT2D eigenvalue weighted by molar-refractivity contribution is 0.305. The van der Waals surface area contributed by atoms with Crippen molar-refractivity contribution in [3.05, 3.63) is 106 Å². The monoisotopic (exact) mass is 412 g/mol. The Balaban J connectivity index is 1.77. The van der Waals surface area contributed by atoms with Gasteiger partial charge in [-0.15, -0.1) is 0 Å². The smallest absolute Gasteiger partial charge is 0.197 e. The van der Waals surface area contributed by atoms with Crippen LogP contribution < -0.4 is 14.9 Å². The minimum absolute atomic E-state index is 0.154. The van der Waals surface area contributed by atoms with Gasteiger partial charge in [-0.2, -0.15) is 0 Å². The van der Waals surface area contributed by atoms with E-state index in [1.807, 2.05) is 80.6 Å². The largest absolute Gasteiger partial charge is 0.489 e. The van der Waals surface area contributed by atoms with Gasteiger partial charge in [0.05, 0.1) is 0 Å². The third-order valence-corrected chi connectivity index (χ3v) is 4.81. The van der Waals surface area contributed by atoms with Crippen LogP contribution in [0.3, 0.4) is 0 Å². The lowest BCUT2D eigenvalue weighted by Gasteiger charge is -2.13. The normalized spacial score (nSPS) is 10.6. The van der Waals surface area contributed by atoms with Gasteiger partial charge in [-0.05, 0) is 25.5 Å². The number of ether oxygens (including phenoxy) is 2. The summed E-state index contributed by atoms with van der Waals surface area (Å²) >= 11 is 0. The maximum atomic E-state index is 13.0. The Morgan fingerprint density at radius 2 is 1.61 bits per heavy atom. The zero-order chi connectivity index (χ0) is 21.6. The standard InChI is InChI=1S/C27H24O4/c1-19(2)13-14-29-22-15-25(30-18-20-9-5-3-6-10-20)27-23(28)17-24(31-26(27)16-22)21-11-7-4-8-12-21/h3-13,15-17H,14,18H2,1-2H3. The lowest BCUT2D eigenvalue weighted by atomic mass is 10.1. The molecule has 0 radical (unpaired) electrons. The first kappa shape index (κ1) is 20.5. The van der Waals surface area contributed by atoms with E-state index in [1.54, 1.807) is 12.1 Å². The van der Waals surface area contributed by atoms with Crippen molar-refractivity contribution in [2.45, 2.75) is 20.5 Å². The van der Waals surface area contributed by atoms with Crippen LogP contribution in [0.2, 0.25) is 0 Å². The second kappa shape index (κ2) is 9.35. The van der Waals surface area contributed by atoms with Crippen LogP contribution in [0, 0.1) is 0 Å². The van der Waals surface area contributed by atoms with Crippen molar-refractivity contribution in [3.63, 3.8) is 0 Å². The predicted molar refractivity (Wildman–Crippen MR) is 124 cm³/mol. The van der Waals surface area contributed by atoms with E-state index in [4.69, 9.17) is 13.9 Å². The summed E-state index contributed by atoms with van der Waals surface area (Å²) in [6, 6.07) is 24.4. The van der Waals surface area contributed by atoms with Gasteiger partial charge >= 0.3 is 0 Å². The number of rotatable bonds is 7. The number of fused-ring (bicyclic) bond motifs is 1. The number of benzene rings is 3. The summed E-state index contributed by atoms with van der Waals surface area (Å²) in [6.45, 7) is 4.80. The topological polar surface area (TPSA) is 48.7 Å². The minimum atomic E-state index is -0.154. The van der Waals surface area contributed by atoms with Gasteiger partial charge in [-0.25, -0.2) is 0 Å². The molecule has 0 aliphatic heterocycles. The Hall–Kier alpha value is -3.79. The molecule has 4 nitrogen and oxygen atoms in total. The molecule has 0 fully saturated rings. The van der Waals surface area contributed by atoms with Crippen molar-refractivity contribution in [1.82, 2.24) is 0 Å². The molecule has 0 amide bonds. The summed E-state index contributed by atoms with van der Waals surface area (Å²) in [4.78, 5) is 13.0. The van der Waals surface area contributed by atoms with Gasteiger partial charge in [0.1, 0.15) is 41.4 Å². The van der Waals surface area contributed by atoms with Crippen LogP contribution in [-0.4, -0.2) is 6.61 Å². The van der Waals surface area contributed by atoms with Gasteiger partial charge in [0.15, 0.2) is 5.43 Å². The maximum absolute atomic E-state index is 13.0. The Bertz CT molecular complexity index is 1250. The molecule has 1 heterocycles. The van der Waals surface area contributed by atoms with Crippen molar-refractivity contribution >= 4 is 11.0 Å². The third-order valence-electron chi connectivity index (χ3n) is 4.81. The van der Waals surface area contributed by atoms with Crippen LogP contribution in [-0.2, 0) is 6.61 Å². The minimum Gasteiger partial charge on any atom is -0.489 e. The van der Waals surface area contributed by atoms with E-state index < -0.39 is 0 Å². The molecular weight excluding hydrogens is 388 g/mol. The Labute approximate surface area is 181 Å². The third kappa shape index (κ3) is 5.04. The maximum Gasteiger partial charge on any atom is 0.197 e. The van der Waals surface area contributed by atoms with E-state index in [2.05, 4.69) is 0 Å². The molecule has 0 saturated carbocycles. The van der Waals surface area contributed by atoms with E-state index >= 15 is 0 Å². The molecule has 0 aliphatic carbocycles. The number of allylic oxidation sites excluding steroid dienone is 1. The second-order valence-electron chi connectivity index (χ2n) is 7.50. The molecule has 0 aliphatic rings. The Kier molecular flexibility index (Phi) is 6.18. The zero-order valence-corrected chi connectivity index (χ0v) is 17.6. The summed E-state index contributed by atoms with van der Waals surface area (Å²) < 4.78 is 18.0. The zero-order valence-electron chi connectivity index (χ0n) is 17.6. The van der Waals surface area contributed by atoms with Crippen molar-refractivity contribution < 1.29 is 13.9 Å². The highest BCUT2D eigenvalue weighted by molar-refractivity contribution is 5.86. The summed E-state index contributed by atoms with van der Waals surface area (Å²) in [6.07, 6.45) is 1.99. The van der Waals surface area contributed by atoms with Crippen LogP contribution in [0.15, 0.2) is 99.7 Å². The van der Waals surface area contributed by atoms with Crippen LogP contribution in [0.5, 0.6) is 11.5 Å². The molecule has 31 heavy (non-hydrogen) atoms. The predicted octanol–water partition coefficient (Wildman–Crippen LogP) is 6.38. The van der Waals surface area contributed by atoms with Crippen molar-refractivity contribution in [2.24, 2.45) is 0 Å². The van der Waals surface area contributed by atoms with Gasteiger partial charge in [-0.1, -0.05) is 66.2 Å². The molecule has 0 unspecified atom stereocenters. The Morgan fingerprint density at radius 1 is 0.903 bits per heavy atom. The van der Waals surface area contributed by atoms with Crippen LogP contribution in [0.25, 0.3) is 22.3 Å². The molecule has 4 rings (SSSR count). The van der Waals surface area contributed by atoms with Crippen molar-refractivity contribution in [1.29, 1.82) is 0 Å². The summed E-state index contributed by atoms with van der Waals surface area (Å²) in [5.74, 6) is 1.54. The van der Waals surface area contributed by atoms with Crippen LogP contribution in [0.1, 0.15) is 19.4 Å². The van der Waals surface area contributed by atoms with E-state index in [9.17, 15) is 4.79 Å². The van der Waals surface area contributed by atoms with E-state index in [0.29, 0.717) is 41.4 Å². The van der Waals surface area contributed by atoms with E-state index in [1.165, 1.54) is 11.6 Å². The highest BCUT2D eigenvalue weighted by Gasteiger charge is 2.15. The number of hydrogen-bond acceptors (Lipinski definition) is 4. The van der Waals surface area contributed by atoms with Gasteiger partial charge in [0, 0.05) is 23.8 Å². The average Bonchev–Trinajstić information content (AvgIpc) is 2.78. The van der Waals surface area contributed by atoms with E-state index in [-0.39, 0.29) is 5.43 Å². The molecule has 3 aromatic carbocycles. The molecule has 0 N–H and O–H groups in total. The fraction of sp³-hybridized carbons (Fsp3) is 0.148. The van der Waals surface area contributed by atoms with Gasteiger partial charge in [-0.3, -0.25) is 4.79 Å². The molecular formula is C27H24O4. The molecule has 4 heteroatoms. The van der Waals surface area contributed by atoms with Crippen molar-refractivity contribution in [2.75, 3.05) is 6.61 Å². The lowest BCUT2D eigenvalue weighted by Crippen LogP contribution is -2.05. The highest BCUT2D eigenvalue weighted by Crippen LogP contribution is 2.32. The quantitative estimate of drug-likeness (QED) is 0.330. The van der Waals surface area contributed by atoms with Crippen LogP contribution in [0.4, 0.5) is 0 Å². The molecule has 0 bridgehead atoms. The highest BCUT2D eigenvalue weighted by atomic mass is 16.5. The van der Waals surface area contributed by atoms with Crippen molar-refractivity contribution in [3.8, 4) is 22.8 Å². The molecule has 0 saturated heterocycles. The van der Waals surface area contributed by atoms with E-state index in [0.717, 1.165) is 11.1 Å². The molecule has 0 spiro atoms. The first-order valence-electron chi connectivity index (χ1n) is 10.2. The van der Waals surface area contributed by atoms with Gasteiger partial charge in [0.25, 0.3) is 0 Å². The summed E-state index contributed by atoms with van der Waals surface area (Å²) in [5, 5.41) is 0.408. The Morgan fingerprint density at radius 3 is 2.32 bits per heavy atom. The fourth-order valence-electron chi connectivity index (χ4n) is 3.21. The SMILES string of the molecule is CC(C)=CCOc1cc(OCc2ccccc2)c2c(=O)cc(-c3ccccc3)oc2c1. The van der Waals surface area contributed by atoms with Gasteiger partial charge in [0.2, 0.25) is 0 Å². The fourth-order valence-corrected chi connectivity index (χ4v) is 3.21.